The molecular weight excluding hydrogens is 152 g/mol. The summed E-state index contributed by atoms with van der Waals surface area (Å²) in [5, 5.41) is 8.66. The van der Waals surface area contributed by atoms with E-state index < -0.39 is 5.97 Å². The van der Waals surface area contributed by atoms with Crippen LogP contribution in [0.3, 0.4) is 0 Å². The number of carbonyl (C=O) groups is 1. The summed E-state index contributed by atoms with van der Waals surface area (Å²) in [4.78, 5) is 10.5. The van der Waals surface area contributed by atoms with Crippen molar-refractivity contribution in [2.75, 3.05) is 0 Å². The number of carboxylic acid groups (broad SMARTS) is 1. The second kappa shape index (κ2) is 3.30. The van der Waals surface area contributed by atoms with Gasteiger partial charge in [0.05, 0.1) is 0 Å². The first-order valence-electron chi connectivity index (χ1n) is 4.45. The fourth-order valence-electron chi connectivity index (χ4n) is 2.00. The maximum Gasteiger partial charge on any atom is 0.330 e. The maximum atomic E-state index is 10.5. The molecule has 12 heavy (non-hydrogen) atoms. The van der Waals surface area contributed by atoms with Gasteiger partial charge in [-0.15, -0.1) is 0 Å². The van der Waals surface area contributed by atoms with E-state index in [0.717, 1.165) is 12.8 Å². The highest BCUT2D eigenvalue weighted by atomic mass is 16.4. The summed E-state index contributed by atoms with van der Waals surface area (Å²) in [6.45, 7) is 5.72. The Morgan fingerprint density at radius 2 is 2.00 bits per heavy atom. The van der Waals surface area contributed by atoms with Gasteiger partial charge >= 0.3 is 5.97 Å². The normalized spacial score (nSPS) is 20.8. The van der Waals surface area contributed by atoms with Gasteiger partial charge in [0.25, 0.3) is 0 Å². The third-order valence-corrected chi connectivity index (χ3v) is 2.75. The predicted octanol–water partition coefficient (Wildman–Crippen LogP) is 2.60. The van der Waals surface area contributed by atoms with E-state index in [1.54, 1.807) is 0 Å². The molecule has 0 bridgehead atoms. The molecule has 0 aliphatic heterocycles. The van der Waals surface area contributed by atoms with Crippen molar-refractivity contribution < 1.29 is 9.90 Å². The van der Waals surface area contributed by atoms with Gasteiger partial charge in [-0.05, 0) is 24.7 Å². The summed E-state index contributed by atoms with van der Waals surface area (Å²) in [5.74, 6) is -0.844. The van der Waals surface area contributed by atoms with Crippen molar-refractivity contribution in [2.24, 2.45) is 5.41 Å². The highest BCUT2D eigenvalue weighted by Crippen LogP contribution is 2.42. The van der Waals surface area contributed by atoms with E-state index in [9.17, 15) is 4.79 Å². The first-order chi connectivity index (χ1) is 5.53. The molecule has 0 aromatic heterocycles. The molecule has 1 aliphatic rings. The van der Waals surface area contributed by atoms with Gasteiger partial charge in [0.2, 0.25) is 0 Å². The third-order valence-electron chi connectivity index (χ3n) is 2.75. The lowest BCUT2D eigenvalue weighted by Gasteiger charge is -2.22. The molecule has 1 aliphatic carbocycles. The largest absolute Gasteiger partial charge is 0.478 e. The number of hydrogen-bond acceptors (Lipinski definition) is 1. The van der Waals surface area contributed by atoms with Crippen LogP contribution in [0.15, 0.2) is 12.2 Å². The minimum atomic E-state index is -0.844. The smallest absolute Gasteiger partial charge is 0.330 e. The Balaban J connectivity index is 2.49. The van der Waals surface area contributed by atoms with Crippen LogP contribution in [0.2, 0.25) is 0 Å². The molecule has 1 fully saturated rings. The van der Waals surface area contributed by atoms with Crippen LogP contribution in [-0.4, -0.2) is 11.1 Å². The Bertz CT molecular complexity index is 200. The van der Waals surface area contributed by atoms with Gasteiger partial charge in [0.15, 0.2) is 0 Å². The zero-order valence-electron chi connectivity index (χ0n) is 7.60. The summed E-state index contributed by atoms with van der Waals surface area (Å²) in [7, 11) is 0. The van der Waals surface area contributed by atoms with E-state index in [1.807, 2.05) is 0 Å². The van der Waals surface area contributed by atoms with Gasteiger partial charge in [-0.2, -0.15) is 0 Å². The van der Waals surface area contributed by atoms with E-state index in [1.165, 1.54) is 12.8 Å². The Morgan fingerprint density at radius 3 is 2.42 bits per heavy atom. The van der Waals surface area contributed by atoms with Gasteiger partial charge in [0.1, 0.15) is 0 Å². The molecule has 0 radical (unpaired) electrons. The number of hydrogen-bond donors (Lipinski definition) is 1. The summed E-state index contributed by atoms with van der Waals surface area (Å²) in [5.41, 5.74) is 0.578. The molecular formula is C10H16O2. The molecule has 1 saturated carbocycles. The fourth-order valence-corrected chi connectivity index (χ4v) is 2.00. The zero-order valence-corrected chi connectivity index (χ0v) is 7.60. The van der Waals surface area contributed by atoms with Gasteiger partial charge < -0.3 is 5.11 Å². The average Bonchev–Trinajstić information content (AvgIpc) is 2.35. The molecule has 1 N–H and O–H groups in total. The first-order valence-corrected chi connectivity index (χ1v) is 4.45. The summed E-state index contributed by atoms with van der Waals surface area (Å²) in [6, 6.07) is 0. The molecule has 0 saturated heterocycles. The quantitative estimate of drug-likeness (QED) is 0.658. The number of rotatable bonds is 3. The summed E-state index contributed by atoms with van der Waals surface area (Å²) < 4.78 is 0. The van der Waals surface area contributed by atoms with Crippen LogP contribution in [0.1, 0.15) is 39.0 Å². The van der Waals surface area contributed by atoms with E-state index in [2.05, 4.69) is 13.5 Å². The maximum absolute atomic E-state index is 10.5. The van der Waals surface area contributed by atoms with Gasteiger partial charge in [0, 0.05) is 5.57 Å². The summed E-state index contributed by atoms with van der Waals surface area (Å²) >= 11 is 0. The van der Waals surface area contributed by atoms with Crippen LogP contribution in [0.4, 0.5) is 0 Å². The Morgan fingerprint density at radius 1 is 1.50 bits per heavy atom. The van der Waals surface area contributed by atoms with Gasteiger partial charge in [-0.3, -0.25) is 0 Å². The molecule has 68 valence electrons. The molecule has 2 nitrogen and oxygen atoms in total. The van der Waals surface area contributed by atoms with Crippen molar-refractivity contribution in [2.45, 2.75) is 39.0 Å². The summed E-state index contributed by atoms with van der Waals surface area (Å²) in [6.07, 6.45) is 5.44. The first kappa shape index (κ1) is 9.30. The molecule has 1 rings (SSSR count). The van der Waals surface area contributed by atoms with Crippen molar-refractivity contribution in [3.8, 4) is 0 Å². The highest BCUT2D eigenvalue weighted by Gasteiger charge is 2.30. The molecule has 0 heterocycles. The van der Waals surface area contributed by atoms with Crippen molar-refractivity contribution in [3.63, 3.8) is 0 Å². The number of carboxylic acids is 1. The third kappa shape index (κ3) is 2.10. The molecule has 0 spiro atoms. The standard InChI is InChI=1S/C10H16O2/c1-8(9(11)12)7-10(2)5-3-4-6-10/h1,3-7H2,2H3,(H,11,12). The van der Waals surface area contributed by atoms with E-state index in [4.69, 9.17) is 5.11 Å². The molecule has 0 atom stereocenters. The minimum absolute atomic E-state index is 0.218. The monoisotopic (exact) mass is 168 g/mol. The Hall–Kier alpha value is -0.790. The minimum Gasteiger partial charge on any atom is -0.478 e. The van der Waals surface area contributed by atoms with Crippen molar-refractivity contribution >= 4 is 5.97 Å². The van der Waals surface area contributed by atoms with E-state index in [-0.39, 0.29) is 5.41 Å². The van der Waals surface area contributed by atoms with Crippen LogP contribution in [-0.2, 0) is 4.79 Å². The van der Waals surface area contributed by atoms with Crippen LogP contribution in [0, 0.1) is 5.41 Å². The molecule has 0 amide bonds. The SMILES string of the molecule is C=C(CC1(C)CCCC1)C(=O)O. The predicted molar refractivity (Wildman–Crippen MR) is 48.0 cm³/mol. The zero-order chi connectivity index (χ0) is 9.19. The van der Waals surface area contributed by atoms with Crippen LogP contribution < -0.4 is 0 Å². The Labute approximate surface area is 73.3 Å². The highest BCUT2D eigenvalue weighted by molar-refractivity contribution is 5.85. The topological polar surface area (TPSA) is 37.3 Å². The lowest BCUT2D eigenvalue weighted by Crippen LogP contribution is -2.14. The van der Waals surface area contributed by atoms with Crippen LogP contribution in [0.5, 0.6) is 0 Å². The van der Waals surface area contributed by atoms with Crippen molar-refractivity contribution in [1.82, 2.24) is 0 Å². The Kier molecular flexibility index (Phi) is 2.55. The van der Waals surface area contributed by atoms with Gasteiger partial charge in [-0.25, -0.2) is 4.79 Å². The molecule has 2 heteroatoms. The van der Waals surface area contributed by atoms with Crippen molar-refractivity contribution in [3.05, 3.63) is 12.2 Å². The van der Waals surface area contributed by atoms with Crippen LogP contribution in [0.25, 0.3) is 0 Å². The van der Waals surface area contributed by atoms with E-state index >= 15 is 0 Å². The molecule has 0 aromatic rings. The average molecular weight is 168 g/mol. The molecule has 0 aromatic carbocycles. The lowest BCUT2D eigenvalue weighted by atomic mass is 9.82. The molecule has 0 unspecified atom stereocenters. The van der Waals surface area contributed by atoms with E-state index in [0.29, 0.717) is 12.0 Å². The van der Waals surface area contributed by atoms with Crippen LogP contribution >= 0.6 is 0 Å². The fraction of sp³-hybridized carbons (Fsp3) is 0.700. The second-order valence-corrected chi connectivity index (χ2v) is 4.10. The number of aliphatic carboxylic acids is 1. The van der Waals surface area contributed by atoms with Gasteiger partial charge in [-0.1, -0.05) is 26.3 Å². The van der Waals surface area contributed by atoms with Crippen molar-refractivity contribution in [1.29, 1.82) is 0 Å². The lowest BCUT2D eigenvalue weighted by molar-refractivity contribution is -0.133. The second-order valence-electron chi connectivity index (χ2n) is 4.10.